The van der Waals surface area contributed by atoms with E-state index in [1.165, 1.54) is 16.3 Å². The van der Waals surface area contributed by atoms with Gasteiger partial charge in [-0.1, -0.05) is 36.4 Å². The number of ether oxygens (including phenoxy) is 1. The summed E-state index contributed by atoms with van der Waals surface area (Å²) in [6.07, 6.45) is -0.0818. The van der Waals surface area contributed by atoms with Gasteiger partial charge in [0.15, 0.2) is 0 Å². The van der Waals surface area contributed by atoms with Crippen molar-refractivity contribution in [2.24, 2.45) is 0 Å². The van der Waals surface area contributed by atoms with Gasteiger partial charge in [0.2, 0.25) is 0 Å². The summed E-state index contributed by atoms with van der Waals surface area (Å²) in [7, 11) is 1.70. The van der Waals surface area contributed by atoms with Crippen molar-refractivity contribution < 1.29 is 4.74 Å². The molecule has 0 bridgehead atoms. The highest BCUT2D eigenvalue weighted by molar-refractivity contribution is 5.87. The molecule has 1 fully saturated rings. The number of hydrogen-bond donors (Lipinski definition) is 2. The average Bonchev–Trinajstić information content (AvgIpc) is 3.13. The third kappa shape index (κ3) is 3.09. The molecule has 2 N–H and O–H groups in total. The van der Waals surface area contributed by atoms with Crippen LogP contribution in [-0.2, 0) is 0 Å². The van der Waals surface area contributed by atoms with Gasteiger partial charge in [0.05, 0.1) is 24.3 Å². The fourth-order valence-electron chi connectivity index (χ4n) is 4.74. The molecule has 5 rings (SSSR count). The third-order valence-electron chi connectivity index (χ3n) is 6.24. The number of benzene rings is 3. The number of aromatic nitrogens is 2. The summed E-state index contributed by atoms with van der Waals surface area (Å²) >= 11 is 0. The van der Waals surface area contributed by atoms with Crippen LogP contribution >= 0.6 is 0 Å². The van der Waals surface area contributed by atoms with Gasteiger partial charge in [0.25, 0.3) is 0 Å². The molecule has 0 radical (unpaired) electrons. The van der Waals surface area contributed by atoms with Gasteiger partial charge in [0.1, 0.15) is 5.75 Å². The maximum absolute atomic E-state index is 12.8. The van der Waals surface area contributed by atoms with Crippen molar-refractivity contribution in [3.8, 4) is 5.75 Å². The molecule has 6 heteroatoms. The number of para-hydroxylation sites is 2. The number of fused-ring (bicyclic) bond motifs is 2. The highest BCUT2D eigenvalue weighted by Gasteiger charge is 2.31. The minimum atomic E-state index is -0.0818. The van der Waals surface area contributed by atoms with Gasteiger partial charge in [0, 0.05) is 25.7 Å². The first-order chi connectivity index (χ1) is 14.7. The highest BCUT2D eigenvalue weighted by atomic mass is 16.5. The second kappa shape index (κ2) is 7.63. The Labute approximate surface area is 175 Å². The zero-order valence-electron chi connectivity index (χ0n) is 17.3. The zero-order chi connectivity index (χ0) is 20.7. The lowest BCUT2D eigenvalue weighted by molar-refractivity contribution is 0.0766. The first-order valence-corrected chi connectivity index (χ1v) is 10.4. The third-order valence-corrected chi connectivity index (χ3v) is 6.24. The monoisotopic (exact) mass is 402 g/mol. The molecule has 1 saturated heterocycles. The lowest BCUT2D eigenvalue weighted by Gasteiger charge is -2.41. The minimum absolute atomic E-state index is 0.0689. The maximum Gasteiger partial charge on any atom is 0.327 e. The van der Waals surface area contributed by atoms with Crippen LogP contribution in [0.4, 0.5) is 0 Å². The van der Waals surface area contributed by atoms with Gasteiger partial charge in [-0.3, -0.25) is 9.47 Å². The van der Waals surface area contributed by atoms with Crippen molar-refractivity contribution in [3.63, 3.8) is 0 Å². The normalized spacial score (nSPS) is 18.7. The molecule has 0 saturated carbocycles. The standard InChI is InChI=1S/C24H26N4O2/c1-16(28-22-9-4-3-8-21(22)26-24(28)29)27-13-12-25-15-23(27)19-7-5-6-17-10-11-18(30-2)14-20(17)19/h3-11,14,16,23,25H,12-13,15H2,1-2H3,(H,26,29). The summed E-state index contributed by atoms with van der Waals surface area (Å²) in [5.41, 5.74) is 2.99. The van der Waals surface area contributed by atoms with Crippen LogP contribution in [0.15, 0.2) is 65.5 Å². The SMILES string of the molecule is COc1ccc2cccc(C3CNCCN3C(C)n3c(=O)[nH]c4ccccc43)c2c1. The van der Waals surface area contributed by atoms with Gasteiger partial charge >= 0.3 is 5.69 Å². The van der Waals surface area contributed by atoms with Crippen LogP contribution in [0.25, 0.3) is 21.8 Å². The number of H-pyrrole nitrogens is 1. The maximum atomic E-state index is 12.8. The molecule has 30 heavy (non-hydrogen) atoms. The molecule has 1 aromatic heterocycles. The number of aromatic amines is 1. The van der Waals surface area contributed by atoms with E-state index in [1.54, 1.807) is 7.11 Å². The van der Waals surface area contributed by atoms with Crippen molar-refractivity contribution in [2.45, 2.75) is 19.1 Å². The number of nitrogens with zero attached hydrogens (tertiary/aromatic N) is 2. The first-order valence-electron chi connectivity index (χ1n) is 10.4. The summed E-state index contributed by atoms with van der Waals surface area (Å²) in [5.74, 6) is 0.853. The van der Waals surface area contributed by atoms with E-state index in [0.29, 0.717) is 0 Å². The Morgan fingerprint density at radius 2 is 1.97 bits per heavy atom. The van der Waals surface area contributed by atoms with E-state index < -0.39 is 0 Å². The molecule has 6 nitrogen and oxygen atoms in total. The Kier molecular flexibility index (Phi) is 4.81. The van der Waals surface area contributed by atoms with Crippen LogP contribution in [-0.4, -0.2) is 41.2 Å². The van der Waals surface area contributed by atoms with Crippen LogP contribution in [0.3, 0.4) is 0 Å². The molecule has 2 atom stereocenters. The summed E-state index contributed by atoms with van der Waals surface area (Å²) < 4.78 is 7.36. The second-order valence-electron chi connectivity index (χ2n) is 7.84. The van der Waals surface area contributed by atoms with E-state index in [4.69, 9.17) is 4.74 Å². The largest absolute Gasteiger partial charge is 0.497 e. The Morgan fingerprint density at radius 1 is 1.10 bits per heavy atom. The Balaban J connectivity index is 1.61. The summed E-state index contributed by atoms with van der Waals surface area (Å²) in [6, 6.07) is 20.7. The molecule has 1 aliphatic heterocycles. The van der Waals surface area contributed by atoms with E-state index in [0.717, 1.165) is 36.4 Å². The highest BCUT2D eigenvalue weighted by Crippen LogP contribution is 2.34. The molecule has 0 spiro atoms. The first kappa shape index (κ1) is 18.9. The van der Waals surface area contributed by atoms with E-state index in [-0.39, 0.29) is 17.9 Å². The fraction of sp³-hybridized carbons (Fsp3) is 0.292. The molecular weight excluding hydrogens is 376 g/mol. The predicted molar refractivity (Wildman–Crippen MR) is 120 cm³/mol. The van der Waals surface area contributed by atoms with Gasteiger partial charge < -0.3 is 15.0 Å². The topological polar surface area (TPSA) is 62.3 Å². The molecule has 3 aromatic carbocycles. The molecule has 0 aliphatic carbocycles. The van der Waals surface area contributed by atoms with Gasteiger partial charge in [-0.15, -0.1) is 0 Å². The van der Waals surface area contributed by atoms with E-state index in [9.17, 15) is 4.79 Å². The van der Waals surface area contributed by atoms with Crippen molar-refractivity contribution >= 4 is 21.8 Å². The molecule has 2 unspecified atom stereocenters. The smallest absolute Gasteiger partial charge is 0.327 e. The molecular formula is C24H26N4O2. The van der Waals surface area contributed by atoms with Crippen LogP contribution in [0.1, 0.15) is 24.7 Å². The molecule has 2 heterocycles. The van der Waals surface area contributed by atoms with Crippen molar-refractivity contribution in [1.29, 1.82) is 0 Å². The van der Waals surface area contributed by atoms with Crippen LogP contribution < -0.4 is 15.7 Å². The van der Waals surface area contributed by atoms with E-state index >= 15 is 0 Å². The number of hydrogen-bond acceptors (Lipinski definition) is 4. The van der Waals surface area contributed by atoms with Crippen molar-refractivity contribution in [2.75, 3.05) is 26.7 Å². The van der Waals surface area contributed by atoms with Gasteiger partial charge in [-0.25, -0.2) is 4.79 Å². The van der Waals surface area contributed by atoms with E-state index in [2.05, 4.69) is 52.5 Å². The average molecular weight is 402 g/mol. The van der Waals surface area contributed by atoms with E-state index in [1.807, 2.05) is 34.9 Å². The fourth-order valence-corrected chi connectivity index (χ4v) is 4.74. The summed E-state index contributed by atoms with van der Waals surface area (Å²) in [4.78, 5) is 18.2. The number of piperazine rings is 1. The quantitative estimate of drug-likeness (QED) is 0.547. The van der Waals surface area contributed by atoms with Crippen LogP contribution in [0.5, 0.6) is 5.75 Å². The Bertz CT molecular complexity index is 1260. The Hall–Kier alpha value is -3.09. The minimum Gasteiger partial charge on any atom is -0.497 e. The molecule has 154 valence electrons. The van der Waals surface area contributed by atoms with Gasteiger partial charge in [-0.2, -0.15) is 0 Å². The molecule has 0 amide bonds. The lowest BCUT2D eigenvalue weighted by Crippen LogP contribution is -2.49. The summed E-state index contributed by atoms with van der Waals surface area (Å²) in [6.45, 7) is 4.70. The zero-order valence-corrected chi connectivity index (χ0v) is 17.3. The van der Waals surface area contributed by atoms with Crippen molar-refractivity contribution in [3.05, 3.63) is 76.7 Å². The summed E-state index contributed by atoms with van der Waals surface area (Å²) in [5, 5.41) is 5.92. The van der Waals surface area contributed by atoms with Crippen molar-refractivity contribution in [1.82, 2.24) is 19.8 Å². The van der Waals surface area contributed by atoms with Gasteiger partial charge in [-0.05, 0) is 47.5 Å². The van der Waals surface area contributed by atoms with Crippen LogP contribution in [0, 0.1) is 0 Å². The number of imidazole rings is 1. The Morgan fingerprint density at radius 3 is 2.83 bits per heavy atom. The number of methoxy groups -OCH3 is 1. The molecule has 1 aliphatic rings. The second-order valence-corrected chi connectivity index (χ2v) is 7.84. The lowest BCUT2D eigenvalue weighted by atomic mass is 9.96. The molecule has 4 aromatic rings. The predicted octanol–water partition coefficient (Wildman–Crippen LogP) is 3.66. The number of rotatable bonds is 4. The van der Waals surface area contributed by atoms with Crippen LogP contribution in [0.2, 0.25) is 0 Å². The number of nitrogens with one attached hydrogen (secondary N) is 2.